The van der Waals surface area contributed by atoms with E-state index in [2.05, 4.69) is 5.32 Å². The minimum absolute atomic E-state index is 0.326. The van der Waals surface area contributed by atoms with Gasteiger partial charge in [0, 0.05) is 13.1 Å². The Balaban J connectivity index is 2.11. The van der Waals surface area contributed by atoms with Crippen LogP contribution in [0.4, 0.5) is 4.79 Å². The average molecular weight is 413 g/mol. The summed E-state index contributed by atoms with van der Waals surface area (Å²) in [6, 6.07) is -4.38. The summed E-state index contributed by atoms with van der Waals surface area (Å²) in [5, 5.41) is 21.7. The molecule has 2 heterocycles. The van der Waals surface area contributed by atoms with Gasteiger partial charge in [0.15, 0.2) is 5.78 Å². The first-order chi connectivity index (χ1) is 13.6. The second kappa shape index (κ2) is 9.51. The van der Waals surface area contributed by atoms with Crippen LogP contribution in [0.15, 0.2) is 0 Å². The van der Waals surface area contributed by atoms with Gasteiger partial charge in [-0.2, -0.15) is 0 Å². The Morgan fingerprint density at radius 2 is 1.48 bits per heavy atom. The van der Waals surface area contributed by atoms with Crippen LogP contribution in [0.25, 0.3) is 0 Å². The highest BCUT2D eigenvalue weighted by atomic mass is 16.3. The molecule has 0 aliphatic carbocycles. The molecule has 29 heavy (non-hydrogen) atoms. The molecule has 0 saturated carbocycles. The van der Waals surface area contributed by atoms with Crippen molar-refractivity contribution in [2.24, 2.45) is 11.5 Å². The molecule has 0 radical (unpaired) electrons. The number of aliphatic hydroxyl groups is 2. The van der Waals surface area contributed by atoms with Crippen molar-refractivity contribution in [1.82, 2.24) is 15.1 Å². The van der Waals surface area contributed by atoms with Gasteiger partial charge in [0.1, 0.15) is 12.1 Å². The van der Waals surface area contributed by atoms with E-state index in [1.54, 1.807) is 0 Å². The fraction of sp³-hybridized carbons (Fsp3) is 0.778. The normalized spacial score (nSPS) is 26.0. The van der Waals surface area contributed by atoms with E-state index in [0.717, 1.165) is 0 Å². The molecule has 0 aromatic carbocycles. The third kappa shape index (κ3) is 5.03. The third-order valence-electron chi connectivity index (χ3n) is 5.56. The van der Waals surface area contributed by atoms with Crippen molar-refractivity contribution >= 4 is 23.6 Å². The standard InChI is InChI=1S/C18H31N5O6/c1-9(24)13(19)15(26)11-5-3-7-22(11)18(29)23-8-4-6-12(23)17(28)21-14(10(2)25)16(20)27/h9-14,24-25H,3-8,19H2,1-2H3,(H2,20,27)(H,21,28)/t9-,10-,11?,12?,13+,14+/m1/s1. The Labute approximate surface area is 169 Å². The lowest BCUT2D eigenvalue weighted by Crippen LogP contribution is -2.58. The summed E-state index contributed by atoms with van der Waals surface area (Å²) >= 11 is 0. The number of rotatable bonds is 7. The zero-order valence-corrected chi connectivity index (χ0v) is 16.8. The second-order valence-electron chi connectivity index (χ2n) is 7.78. The van der Waals surface area contributed by atoms with Gasteiger partial charge in [-0.05, 0) is 39.5 Å². The molecule has 2 aliphatic heterocycles. The lowest BCUT2D eigenvalue weighted by molar-refractivity contribution is -0.132. The van der Waals surface area contributed by atoms with Gasteiger partial charge in [-0.1, -0.05) is 0 Å². The Kier molecular flexibility index (Phi) is 7.55. The number of nitrogens with one attached hydrogen (secondary N) is 1. The van der Waals surface area contributed by atoms with Crippen LogP contribution >= 0.6 is 0 Å². The molecular weight excluding hydrogens is 382 g/mol. The molecule has 2 unspecified atom stereocenters. The highest BCUT2D eigenvalue weighted by molar-refractivity contribution is 5.95. The second-order valence-corrected chi connectivity index (χ2v) is 7.78. The number of likely N-dealkylation sites (tertiary alicyclic amines) is 2. The smallest absolute Gasteiger partial charge is 0.321 e. The Morgan fingerprint density at radius 3 is 1.97 bits per heavy atom. The molecule has 2 aliphatic rings. The summed E-state index contributed by atoms with van der Waals surface area (Å²) in [5.41, 5.74) is 11.0. The van der Waals surface area contributed by atoms with Gasteiger partial charge in [-0.15, -0.1) is 0 Å². The van der Waals surface area contributed by atoms with Crippen molar-refractivity contribution in [3.8, 4) is 0 Å². The fourth-order valence-corrected chi connectivity index (χ4v) is 3.86. The highest BCUT2D eigenvalue weighted by Gasteiger charge is 2.43. The van der Waals surface area contributed by atoms with Gasteiger partial charge in [0.25, 0.3) is 0 Å². The van der Waals surface area contributed by atoms with Crippen LogP contribution in [0, 0.1) is 0 Å². The van der Waals surface area contributed by atoms with Crippen LogP contribution in [0.3, 0.4) is 0 Å². The number of hydrogen-bond donors (Lipinski definition) is 5. The first-order valence-electron chi connectivity index (χ1n) is 9.88. The van der Waals surface area contributed by atoms with Gasteiger partial charge < -0.3 is 36.8 Å². The van der Waals surface area contributed by atoms with Gasteiger partial charge in [-0.25, -0.2) is 4.79 Å². The number of carbonyl (C=O) groups excluding carboxylic acids is 4. The molecule has 2 rings (SSSR count). The fourth-order valence-electron chi connectivity index (χ4n) is 3.86. The topological polar surface area (TPSA) is 179 Å². The van der Waals surface area contributed by atoms with E-state index in [1.807, 2.05) is 0 Å². The summed E-state index contributed by atoms with van der Waals surface area (Å²) in [4.78, 5) is 52.5. The summed E-state index contributed by atoms with van der Waals surface area (Å²) in [5.74, 6) is -1.86. The van der Waals surface area contributed by atoms with Crippen LogP contribution in [0.2, 0.25) is 0 Å². The molecule has 0 bridgehead atoms. The van der Waals surface area contributed by atoms with E-state index in [-0.39, 0.29) is 0 Å². The molecule has 11 heteroatoms. The first kappa shape index (κ1) is 23.0. The number of urea groups is 1. The maximum atomic E-state index is 13.1. The number of nitrogens with zero attached hydrogens (tertiary/aromatic N) is 2. The minimum Gasteiger partial charge on any atom is -0.391 e. The summed E-state index contributed by atoms with van der Waals surface area (Å²) < 4.78 is 0. The number of aliphatic hydroxyl groups excluding tert-OH is 2. The van der Waals surface area contributed by atoms with Gasteiger partial charge in [0.05, 0.1) is 24.3 Å². The summed E-state index contributed by atoms with van der Waals surface area (Å²) in [6.07, 6.45) is -0.171. The Bertz CT molecular complexity index is 655. The molecule has 4 amide bonds. The molecule has 2 fully saturated rings. The lowest BCUT2D eigenvalue weighted by Gasteiger charge is -2.33. The van der Waals surface area contributed by atoms with Crippen LogP contribution in [-0.2, 0) is 14.4 Å². The van der Waals surface area contributed by atoms with E-state index in [0.29, 0.717) is 38.8 Å². The summed E-state index contributed by atoms with van der Waals surface area (Å²) in [7, 11) is 0. The van der Waals surface area contributed by atoms with Crippen molar-refractivity contribution in [2.45, 2.75) is 75.9 Å². The largest absolute Gasteiger partial charge is 0.391 e. The average Bonchev–Trinajstić information content (AvgIpc) is 3.32. The molecule has 0 spiro atoms. The predicted octanol–water partition coefficient (Wildman–Crippen LogP) is -2.34. The van der Waals surface area contributed by atoms with E-state index in [4.69, 9.17) is 11.5 Å². The Morgan fingerprint density at radius 1 is 0.966 bits per heavy atom. The van der Waals surface area contributed by atoms with E-state index in [9.17, 15) is 29.4 Å². The quantitative estimate of drug-likeness (QED) is 0.310. The van der Waals surface area contributed by atoms with E-state index < -0.39 is 60.0 Å². The lowest BCUT2D eigenvalue weighted by atomic mass is 10.00. The van der Waals surface area contributed by atoms with Gasteiger partial charge in [0.2, 0.25) is 11.8 Å². The maximum absolute atomic E-state index is 13.1. The molecule has 0 aromatic rings. The molecule has 7 N–H and O–H groups in total. The zero-order chi connectivity index (χ0) is 21.9. The first-order valence-corrected chi connectivity index (χ1v) is 9.88. The van der Waals surface area contributed by atoms with Crippen LogP contribution in [0.1, 0.15) is 39.5 Å². The third-order valence-corrected chi connectivity index (χ3v) is 5.56. The molecule has 2 saturated heterocycles. The molecule has 11 nitrogen and oxygen atoms in total. The van der Waals surface area contributed by atoms with Crippen molar-refractivity contribution in [3.63, 3.8) is 0 Å². The SMILES string of the molecule is C[C@@H](O)[C@H](N)C(=O)C1CCCN1C(=O)N1CCCC1C(=O)N[C@H](C(N)=O)[C@@H](C)O. The van der Waals surface area contributed by atoms with Crippen molar-refractivity contribution < 1.29 is 29.4 Å². The van der Waals surface area contributed by atoms with Crippen LogP contribution < -0.4 is 16.8 Å². The number of amides is 4. The highest BCUT2D eigenvalue weighted by Crippen LogP contribution is 2.26. The van der Waals surface area contributed by atoms with Crippen LogP contribution in [0.5, 0.6) is 0 Å². The number of carbonyl (C=O) groups is 4. The zero-order valence-electron chi connectivity index (χ0n) is 16.8. The number of hydrogen-bond acceptors (Lipinski definition) is 7. The van der Waals surface area contributed by atoms with E-state index in [1.165, 1.54) is 23.6 Å². The molecule has 0 aromatic heterocycles. The molecule has 6 atom stereocenters. The van der Waals surface area contributed by atoms with Crippen molar-refractivity contribution in [2.75, 3.05) is 13.1 Å². The summed E-state index contributed by atoms with van der Waals surface area (Å²) in [6.45, 7) is 3.43. The van der Waals surface area contributed by atoms with Crippen molar-refractivity contribution in [1.29, 1.82) is 0 Å². The van der Waals surface area contributed by atoms with Gasteiger partial charge >= 0.3 is 6.03 Å². The number of nitrogens with two attached hydrogens (primary N) is 2. The Hall–Kier alpha value is -2.24. The van der Waals surface area contributed by atoms with E-state index >= 15 is 0 Å². The van der Waals surface area contributed by atoms with Crippen LogP contribution in [-0.4, -0.2) is 93.1 Å². The number of ketones is 1. The molecule has 164 valence electrons. The number of Topliss-reactive ketones (excluding diaryl/α,β-unsaturated/α-hetero) is 1. The maximum Gasteiger partial charge on any atom is 0.321 e. The molecular formula is C18H31N5O6. The monoisotopic (exact) mass is 413 g/mol. The number of primary amides is 1. The predicted molar refractivity (Wildman–Crippen MR) is 102 cm³/mol. The van der Waals surface area contributed by atoms with Gasteiger partial charge in [-0.3, -0.25) is 14.4 Å². The minimum atomic E-state index is -1.26. The van der Waals surface area contributed by atoms with Crippen molar-refractivity contribution in [3.05, 3.63) is 0 Å².